The number of carbonyl (C=O) groups excluding carboxylic acids is 2. The Morgan fingerprint density at radius 3 is 2.33 bits per heavy atom. The first-order valence-corrected chi connectivity index (χ1v) is 12.9. The van der Waals surface area contributed by atoms with Gasteiger partial charge in [0.05, 0.1) is 17.2 Å². The van der Waals surface area contributed by atoms with Gasteiger partial charge in [0.1, 0.15) is 4.88 Å². The highest BCUT2D eigenvalue weighted by Crippen LogP contribution is 2.35. The number of anilines is 1. The lowest BCUT2D eigenvalue weighted by Gasteiger charge is -2.15. The molecule has 0 radical (unpaired) electrons. The second-order valence-corrected chi connectivity index (χ2v) is 10.5. The van der Waals surface area contributed by atoms with Gasteiger partial charge in [-0.05, 0) is 55.7 Å². The zero-order chi connectivity index (χ0) is 23.4. The Labute approximate surface area is 197 Å². The Morgan fingerprint density at radius 1 is 1.03 bits per heavy atom. The van der Waals surface area contributed by atoms with Gasteiger partial charge in [0, 0.05) is 23.5 Å². The van der Waals surface area contributed by atoms with Crippen molar-refractivity contribution in [2.45, 2.75) is 24.7 Å². The normalized spacial score (nSPS) is 14.2. The monoisotopic (exact) mass is 484 g/mol. The van der Waals surface area contributed by atoms with Gasteiger partial charge in [-0.1, -0.05) is 30.3 Å². The molecule has 1 amide bonds. The highest BCUT2D eigenvalue weighted by Gasteiger charge is 2.27. The first kappa shape index (κ1) is 23.2. The molecule has 172 valence electrons. The van der Waals surface area contributed by atoms with Crippen molar-refractivity contribution < 1.29 is 22.7 Å². The summed E-state index contributed by atoms with van der Waals surface area (Å²) in [4.78, 5) is 26.7. The van der Waals surface area contributed by atoms with E-state index in [1.54, 1.807) is 13.0 Å². The largest absolute Gasteiger partial charge is 0.462 e. The average Bonchev–Trinajstić information content (AvgIpc) is 3.51. The molecule has 0 bridgehead atoms. The van der Waals surface area contributed by atoms with Gasteiger partial charge in [0.15, 0.2) is 0 Å². The van der Waals surface area contributed by atoms with E-state index in [2.05, 4.69) is 5.32 Å². The first-order chi connectivity index (χ1) is 15.9. The van der Waals surface area contributed by atoms with Gasteiger partial charge in [-0.15, -0.1) is 11.3 Å². The first-order valence-electron chi connectivity index (χ1n) is 10.7. The van der Waals surface area contributed by atoms with Crippen LogP contribution in [0.15, 0.2) is 65.6 Å². The number of nitrogens with zero attached hydrogens (tertiary/aromatic N) is 1. The lowest BCUT2D eigenvalue weighted by atomic mass is 10.2. The van der Waals surface area contributed by atoms with E-state index >= 15 is 0 Å². The number of hydrogen-bond acceptors (Lipinski definition) is 6. The van der Waals surface area contributed by atoms with Gasteiger partial charge < -0.3 is 10.1 Å². The summed E-state index contributed by atoms with van der Waals surface area (Å²) in [5.74, 6) is -0.949. The maximum absolute atomic E-state index is 12.9. The lowest BCUT2D eigenvalue weighted by Crippen LogP contribution is -2.27. The fraction of sp³-hybridized carbons (Fsp3) is 0.250. The molecule has 0 spiro atoms. The van der Waals surface area contributed by atoms with Crippen molar-refractivity contribution in [2.24, 2.45) is 0 Å². The molecule has 2 aromatic carbocycles. The summed E-state index contributed by atoms with van der Waals surface area (Å²) in [7, 11) is -3.55. The molecule has 1 saturated heterocycles. The van der Waals surface area contributed by atoms with Crippen LogP contribution in [0.3, 0.4) is 0 Å². The molecule has 1 fully saturated rings. The molecule has 0 atom stereocenters. The SMILES string of the molecule is CCOC(=O)c1sc(-c2ccccc2)cc1NC(=O)c1ccc(S(=O)(=O)N2CCCC2)cc1. The van der Waals surface area contributed by atoms with Crippen molar-refractivity contribution in [3.05, 3.63) is 71.1 Å². The van der Waals surface area contributed by atoms with E-state index in [9.17, 15) is 18.0 Å². The molecule has 0 saturated carbocycles. The minimum Gasteiger partial charge on any atom is -0.462 e. The highest BCUT2D eigenvalue weighted by molar-refractivity contribution is 7.89. The molecule has 1 aliphatic rings. The van der Waals surface area contributed by atoms with Gasteiger partial charge >= 0.3 is 5.97 Å². The van der Waals surface area contributed by atoms with E-state index < -0.39 is 21.9 Å². The van der Waals surface area contributed by atoms with Crippen LogP contribution >= 0.6 is 11.3 Å². The second-order valence-electron chi connectivity index (χ2n) is 7.53. The van der Waals surface area contributed by atoms with E-state index in [-0.39, 0.29) is 17.1 Å². The van der Waals surface area contributed by atoms with Gasteiger partial charge in [-0.2, -0.15) is 4.31 Å². The molecule has 0 aliphatic carbocycles. The van der Waals surface area contributed by atoms with Crippen molar-refractivity contribution in [1.29, 1.82) is 0 Å². The third-order valence-electron chi connectivity index (χ3n) is 5.32. The number of sulfonamides is 1. The molecule has 1 N–H and O–H groups in total. The Balaban J connectivity index is 1.57. The highest BCUT2D eigenvalue weighted by atomic mass is 32.2. The third kappa shape index (κ3) is 5.00. The van der Waals surface area contributed by atoms with E-state index in [4.69, 9.17) is 4.74 Å². The van der Waals surface area contributed by atoms with Gasteiger partial charge in [-0.3, -0.25) is 4.79 Å². The predicted octanol–water partition coefficient (Wildman–Crippen LogP) is 4.63. The predicted molar refractivity (Wildman–Crippen MR) is 128 cm³/mol. The van der Waals surface area contributed by atoms with Crippen molar-refractivity contribution in [1.82, 2.24) is 4.31 Å². The van der Waals surface area contributed by atoms with Gasteiger partial charge in [0.2, 0.25) is 10.0 Å². The molecule has 1 aliphatic heterocycles. The van der Waals surface area contributed by atoms with Crippen LogP contribution in [-0.4, -0.2) is 44.3 Å². The van der Waals surface area contributed by atoms with Crippen LogP contribution in [0.1, 0.15) is 39.8 Å². The molecule has 0 unspecified atom stereocenters. The minimum atomic E-state index is -3.55. The number of nitrogens with one attached hydrogen (secondary N) is 1. The molecule has 33 heavy (non-hydrogen) atoms. The Kier molecular flexibility index (Phi) is 6.92. The van der Waals surface area contributed by atoms with Crippen molar-refractivity contribution >= 4 is 38.9 Å². The van der Waals surface area contributed by atoms with Crippen LogP contribution < -0.4 is 5.32 Å². The zero-order valence-corrected chi connectivity index (χ0v) is 19.7. The molecule has 4 rings (SSSR count). The van der Waals surface area contributed by atoms with Gasteiger partial charge in [0.25, 0.3) is 5.91 Å². The van der Waals surface area contributed by atoms with Crippen molar-refractivity contribution in [3.8, 4) is 10.4 Å². The van der Waals surface area contributed by atoms with Crippen LogP contribution in [-0.2, 0) is 14.8 Å². The fourth-order valence-electron chi connectivity index (χ4n) is 3.63. The molecule has 9 heteroatoms. The topological polar surface area (TPSA) is 92.8 Å². The van der Waals surface area contributed by atoms with Crippen molar-refractivity contribution in [2.75, 3.05) is 25.0 Å². The molecular weight excluding hydrogens is 460 g/mol. The summed E-state index contributed by atoms with van der Waals surface area (Å²) in [5.41, 5.74) is 1.57. The fourth-order valence-corrected chi connectivity index (χ4v) is 6.16. The Bertz CT molecular complexity index is 1250. The van der Waals surface area contributed by atoms with Crippen LogP contribution in [0.5, 0.6) is 0 Å². The van der Waals surface area contributed by atoms with Crippen LogP contribution in [0, 0.1) is 0 Å². The molecule has 7 nitrogen and oxygen atoms in total. The van der Waals surface area contributed by atoms with Crippen LogP contribution in [0.25, 0.3) is 10.4 Å². The quantitative estimate of drug-likeness (QED) is 0.494. The third-order valence-corrected chi connectivity index (χ3v) is 8.40. The van der Waals surface area contributed by atoms with E-state index in [0.29, 0.717) is 23.7 Å². The summed E-state index contributed by atoms with van der Waals surface area (Å²) < 4.78 is 32.0. The lowest BCUT2D eigenvalue weighted by molar-refractivity contribution is 0.0533. The van der Waals surface area contributed by atoms with E-state index in [1.165, 1.54) is 39.9 Å². The summed E-state index contributed by atoms with van der Waals surface area (Å²) in [6.45, 7) is 2.98. The molecular formula is C24H24N2O5S2. The number of benzene rings is 2. The zero-order valence-electron chi connectivity index (χ0n) is 18.1. The van der Waals surface area contributed by atoms with E-state index in [0.717, 1.165) is 23.3 Å². The van der Waals surface area contributed by atoms with E-state index in [1.807, 2.05) is 30.3 Å². The Morgan fingerprint density at radius 2 is 1.70 bits per heavy atom. The number of amides is 1. The standard InChI is InChI=1S/C24H24N2O5S2/c1-2-31-24(28)22-20(16-21(32-22)17-8-4-3-5-9-17)25-23(27)18-10-12-19(13-11-18)33(29,30)26-14-6-7-15-26/h3-5,8-13,16H,2,6-7,14-15H2,1H3,(H,25,27). The molecule has 3 aromatic rings. The summed E-state index contributed by atoms with van der Waals surface area (Å²) in [5, 5.41) is 2.78. The van der Waals surface area contributed by atoms with Crippen molar-refractivity contribution in [3.63, 3.8) is 0 Å². The van der Waals surface area contributed by atoms with Crippen LogP contribution in [0.4, 0.5) is 5.69 Å². The maximum atomic E-state index is 12.9. The number of hydrogen-bond donors (Lipinski definition) is 1. The number of carbonyl (C=O) groups is 2. The smallest absolute Gasteiger partial charge is 0.350 e. The summed E-state index contributed by atoms with van der Waals surface area (Å²) in [6, 6.07) is 17.1. The number of ether oxygens (including phenoxy) is 1. The molecule has 1 aromatic heterocycles. The number of rotatable bonds is 7. The Hall–Kier alpha value is -3.01. The summed E-state index contributed by atoms with van der Waals surface area (Å²) in [6.07, 6.45) is 1.71. The molecule has 2 heterocycles. The van der Waals surface area contributed by atoms with Gasteiger partial charge in [-0.25, -0.2) is 13.2 Å². The maximum Gasteiger partial charge on any atom is 0.350 e. The summed E-state index contributed by atoms with van der Waals surface area (Å²) >= 11 is 1.24. The second kappa shape index (κ2) is 9.86. The number of esters is 1. The number of thiophene rings is 1. The average molecular weight is 485 g/mol. The van der Waals surface area contributed by atoms with Crippen LogP contribution in [0.2, 0.25) is 0 Å². The minimum absolute atomic E-state index is 0.162.